The molecule has 0 N–H and O–H groups in total. The summed E-state index contributed by atoms with van der Waals surface area (Å²) in [5.74, 6) is 4.15. The monoisotopic (exact) mass is 552 g/mol. The molecule has 0 radical (unpaired) electrons. The van der Waals surface area contributed by atoms with Gasteiger partial charge in [-0.2, -0.15) is 17.7 Å². The third-order valence-electron chi connectivity index (χ3n) is 5.77. The van der Waals surface area contributed by atoms with Crippen molar-refractivity contribution >= 4 is 11.9 Å². The van der Waals surface area contributed by atoms with E-state index in [0.717, 1.165) is 6.42 Å². The van der Waals surface area contributed by atoms with Crippen LogP contribution in [0.25, 0.3) is 0 Å². The first-order valence-corrected chi connectivity index (χ1v) is 12.0. The van der Waals surface area contributed by atoms with Crippen LogP contribution in [0.5, 0.6) is 5.75 Å². The number of alkyl halides is 3. The molecule has 13 heteroatoms. The van der Waals surface area contributed by atoms with Crippen LogP contribution in [0.4, 0.5) is 13.2 Å². The lowest BCUT2D eigenvalue weighted by Gasteiger charge is -2.19. The van der Waals surface area contributed by atoms with Crippen LogP contribution in [0.1, 0.15) is 55.3 Å². The lowest BCUT2D eigenvalue weighted by atomic mass is 10.2. The van der Waals surface area contributed by atoms with Crippen LogP contribution < -0.4 is 16.0 Å². The molecule has 39 heavy (non-hydrogen) atoms. The van der Waals surface area contributed by atoms with Crippen LogP contribution in [0.2, 0.25) is 0 Å². The number of benzene rings is 1. The Morgan fingerprint density at radius 3 is 2.44 bits per heavy atom. The smallest absolute Gasteiger partial charge is 0.423 e. The van der Waals surface area contributed by atoms with Crippen LogP contribution in [-0.4, -0.2) is 53.5 Å². The molecule has 2 aromatic rings. The average molecular weight is 553 g/mol. The molecule has 10 nitrogen and oxygen atoms in total. The van der Waals surface area contributed by atoms with Crippen molar-refractivity contribution < 1.29 is 41.7 Å². The predicted octanol–water partition coefficient (Wildman–Crippen LogP) is 2.77. The first-order valence-electron chi connectivity index (χ1n) is 12.0. The Morgan fingerprint density at radius 1 is 1.15 bits per heavy atom. The minimum atomic E-state index is -5.19. The van der Waals surface area contributed by atoms with E-state index in [1.54, 1.807) is 0 Å². The van der Waals surface area contributed by atoms with Gasteiger partial charge in [-0.05, 0) is 30.7 Å². The summed E-state index contributed by atoms with van der Waals surface area (Å²) in [4.78, 5) is 50.4. The van der Waals surface area contributed by atoms with Gasteiger partial charge in [0.2, 0.25) is 0 Å². The molecule has 3 atom stereocenters. The van der Waals surface area contributed by atoms with Crippen molar-refractivity contribution in [3.8, 4) is 17.6 Å². The number of methoxy groups -OCH3 is 1. The normalized spacial score (nSPS) is 18.8. The second-order valence-corrected chi connectivity index (χ2v) is 8.53. The highest BCUT2D eigenvalue weighted by atomic mass is 19.4. The molecule has 1 saturated heterocycles. The number of hydrogen-bond acceptors (Lipinski definition) is 8. The van der Waals surface area contributed by atoms with E-state index in [1.807, 2.05) is 6.92 Å². The standard InChI is InChI=1S/C26H27F3N2O8/c1-4-5-6-7-12-37-20-13-22(39-21(20)15-38-16(2)32)30-14-19(26(27,28)29)24(34)31(25(30)35)23(33)17-8-10-18(36-3)11-9-17/h8-11,14,20-22H,4-5,12-13,15H2,1-3H3/t20-,21+,22+/m0/s1. The molecule has 1 aromatic heterocycles. The Balaban J connectivity index is 2.03. The molecule has 1 aliphatic rings. The van der Waals surface area contributed by atoms with Crippen LogP contribution in [0.3, 0.4) is 0 Å². The van der Waals surface area contributed by atoms with E-state index < -0.39 is 53.3 Å². The van der Waals surface area contributed by atoms with Crippen molar-refractivity contribution in [2.75, 3.05) is 20.3 Å². The number of aromatic nitrogens is 2. The Bertz CT molecular complexity index is 1370. The number of rotatable bonds is 8. The summed E-state index contributed by atoms with van der Waals surface area (Å²) in [6, 6.07) is 5.13. The lowest BCUT2D eigenvalue weighted by molar-refractivity contribution is -0.148. The number of unbranched alkanes of at least 4 members (excludes halogenated alkanes) is 1. The molecule has 0 unspecified atom stereocenters. The zero-order valence-electron chi connectivity index (χ0n) is 21.4. The molecule has 2 heterocycles. The second kappa shape index (κ2) is 12.8. The van der Waals surface area contributed by atoms with Gasteiger partial charge in [0.25, 0.3) is 11.5 Å². The molecule has 0 aliphatic carbocycles. The molecule has 0 saturated carbocycles. The Labute approximate surface area is 221 Å². The van der Waals surface area contributed by atoms with Crippen LogP contribution in [-0.2, 0) is 25.2 Å². The number of halogens is 3. The van der Waals surface area contributed by atoms with E-state index in [2.05, 4.69) is 11.8 Å². The number of hydrogen-bond donors (Lipinski definition) is 0. The minimum Gasteiger partial charge on any atom is -0.497 e. The summed E-state index contributed by atoms with van der Waals surface area (Å²) >= 11 is 0. The van der Waals surface area contributed by atoms with E-state index >= 15 is 0 Å². The van der Waals surface area contributed by atoms with Crippen LogP contribution >= 0.6 is 0 Å². The van der Waals surface area contributed by atoms with E-state index in [-0.39, 0.29) is 29.8 Å². The Hall–Kier alpha value is -3.89. The highest BCUT2D eigenvalue weighted by Gasteiger charge is 2.42. The first kappa shape index (κ1) is 29.7. The zero-order chi connectivity index (χ0) is 28.7. The van der Waals surface area contributed by atoms with Gasteiger partial charge in [-0.25, -0.2) is 4.79 Å². The fourth-order valence-corrected chi connectivity index (χ4v) is 3.82. The van der Waals surface area contributed by atoms with E-state index in [9.17, 15) is 32.3 Å². The molecular weight excluding hydrogens is 525 g/mol. The third-order valence-corrected chi connectivity index (χ3v) is 5.77. The van der Waals surface area contributed by atoms with Gasteiger partial charge >= 0.3 is 17.8 Å². The second-order valence-electron chi connectivity index (χ2n) is 8.53. The summed E-state index contributed by atoms with van der Waals surface area (Å²) in [5.41, 5.74) is -5.11. The summed E-state index contributed by atoms with van der Waals surface area (Å²) in [6.07, 6.45) is -6.67. The molecule has 0 bridgehead atoms. The number of carbonyl (C=O) groups excluding carboxylic acids is 2. The lowest BCUT2D eigenvalue weighted by Crippen LogP contribution is -2.47. The number of nitrogens with zero attached hydrogens (tertiary/aromatic N) is 2. The maximum atomic E-state index is 13.8. The quantitative estimate of drug-likeness (QED) is 0.363. The average Bonchev–Trinajstić information content (AvgIpc) is 3.29. The van der Waals surface area contributed by atoms with Crippen molar-refractivity contribution in [3.63, 3.8) is 0 Å². The van der Waals surface area contributed by atoms with Gasteiger partial charge in [-0.1, -0.05) is 12.8 Å². The summed E-state index contributed by atoms with van der Waals surface area (Å²) in [7, 11) is 1.37. The number of esters is 1. The van der Waals surface area contributed by atoms with E-state index in [0.29, 0.717) is 22.9 Å². The highest BCUT2D eigenvalue weighted by molar-refractivity contribution is 5.95. The largest absolute Gasteiger partial charge is 0.497 e. The Morgan fingerprint density at radius 2 is 1.85 bits per heavy atom. The molecule has 0 amide bonds. The zero-order valence-corrected chi connectivity index (χ0v) is 21.4. The van der Waals surface area contributed by atoms with Crippen LogP contribution in [0.15, 0.2) is 40.1 Å². The molecule has 0 spiro atoms. The van der Waals surface area contributed by atoms with Crippen molar-refractivity contribution in [2.24, 2.45) is 0 Å². The van der Waals surface area contributed by atoms with Gasteiger partial charge in [-0.3, -0.25) is 19.0 Å². The third kappa shape index (κ3) is 7.15. The van der Waals surface area contributed by atoms with Gasteiger partial charge in [0.15, 0.2) is 0 Å². The molecule has 3 rings (SSSR count). The van der Waals surface area contributed by atoms with Crippen molar-refractivity contribution in [1.82, 2.24) is 9.13 Å². The van der Waals surface area contributed by atoms with E-state index in [1.165, 1.54) is 38.3 Å². The fourth-order valence-electron chi connectivity index (χ4n) is 3.82. The molecule has 1 aliphatic heterocycles. The van der Waals surface area contributed by atoms with Crippen molar-refractivity contribution in [3.05, 3.63) is 62.4 Å². The summed E-state index contributed by atoms with van der Waals surface area (Å²) in [5, 5.41) is 0. The maximum absolute atomic E-state index is 13.8. The van der Waals surface area contributed by atoms with Crippen molar-refractivity contribution in [1.29, 1.82) is 0 Å². The highest BCUT2D eigenvalue weighted by Crippen LogP contribution is 2.32. The fraction of sp³-hybridized carbons (Fsp3) is 0.462. The van der Waals surface area contributed by atoms with Crippen molar-refractivity contribution in [2.45, 2.75) is 57.7 Å². The molecule has 210 valence electrons. The maximum Gasteiger partial charge on any atom is 0.423 e. The molecule has 1 aromatic carbocycles. The molecular formula is C26H27F3N2O8. The topological polar surface area (TPSA) is 115 Å². The van der Waals surface area contributed by atoms with Gasteiger partial charge in [0, 0.05) is 31.5 Å². The SMILES string of the molecule is CCCC#CCO[C@H]1C[C@H](n2cc(C(F)(F)F)c(=O)n(C(=O)c3ccc(OC)cc3)c2=O)O[C@@H]1COC(C)=O. The van der Waals surface area contributed by atoms with Crippen LogP contribution in [0, 0.1) is 11.8 Å². The Kier molecular flexibility index (Phi) is 9.71. The minimum absolute atomic E-state index is 0.0323. The van der Waals surface area contributed by atoms with E-state index in [4.69, 9.17) is 18.9 Å². The van der Waals surface area contributed by atoms with Gasteiger partial charge in [-0.15, -0.1) is 5.92 Å². The number of ether oxygens (including phenoxy) is 4. The van der Waals surface area contributed by atoms with Gasteiger partial charge < -0.3 is 18.9 Å². The predicted molar refractivity (Wildman–Crippen MR) is 130 cm³/mol. The number of carbonyl (C=O) groups is 2. The summed E-state index contributed by atoms with van der Waals surface area (Å²) < 4.78 is 63.4. The van der Waals surface area contributed by atoms with Gasteiger partial charge in [0.05, 0.1) is 13.2 Å². The first-order chi connectivity index (χ1) is 18.5. The summed E-state index contributed by atoms with van der Waals surface area (Å²) in [6.45, 7) is 2.78. The molecule has 1 fully saturated rings. The van der Waals surface area contributed by atoms with Gasteiger partial charge in [0.1, 0.15) is 36.9 Å².